The van der Waals surface area contributed by atoms with Crippen LogP contribution in [0.1, 0.15) is 49.4 Å². The summed E-state index contributed by atoms with van der Waals surface area (Å²) in [7, 11) is 0. The van der Waals surface area contributed by atoms with E-state index < -0.39 is 11.7 Å². The molecule has 0 radical (unpaired) electrons. The molecule has 0 aliphatic carbocycles. The van der Waals surface area contributed by atoms with Gasteiger partial charge in [0, 0.05) is 35.7 Å². The van der Waals surface area contributed by atoms with Gasteiger partial charge in [0.15, 0.2) is 0 Å². The largest absolute Gasteiger partial charge is 0.491 e. The van der Waals surface area contributed by atoms with Crippen LogP contribution in [0.25, 0.3) is 16.5 Å². The predicted octanol–water partition coefficient (Wildman–Crippen LogP) is 8.18. The van der Waals surface area contributed by atoms with Crippen molar-refractivity contribution >= 4 is 34.0 Å². The number of hydrogen-bond acceptors (Lipinski definition) is 4. The zero-order chi connectivity index (χ0) is 30.9. The molecule has 0 saturated carbocycles. The van der Waals surface area contributed by atoms with E-state index in [9.17, 15) is 14.0 Å². The number of amides is 1. The molecular weight excluding hydrogens is 555 g/mol. The van der Waals surface area contributed by atoms with Crippen molar-refractivity contribution in [2.24, 2.45) is 0 Å². The first-order chi connectivity index (χ1) is 21.4. The van der Waals surface area contributed by atoms with Gasteiger partial charge in [0.25, 0.3) is 0 Å². The van der Waals surface area contributed by atoms with E-state index >= 15 is 0 Å². The van der Waals surface area contributed by atoms with Gasteiger partial charge >= 0.3 is 5.97 Å². The van der Waals surface area contributed by atoms with Crippen LogP contribution < -0.4 is 10.1 Å². The fraction of sp³-hybridized carbons (Fsp3) is 0.189. The third-order valence-electron chi connectivity index (χ3n) is 7.32. The number of nitrogens with zero attached hydrogens (tertiary/aromatic N) is 1. The number of benzene rings is 4. The molecule has 0 aliphatic heterocycles. The third-order valence-corrected chi connectivity index (χ3v) is 7.32. The average Bonchev–Trinajstić information content (AvgIpc) is 3.44. The van der Waals surface area contributed by atoms with E-state index in [2.05, 4.69) is 82.8 Å². The van der Waals surface area contributed by atoms with Crippen LogP contribution in [0.2, 0.25) is 0 Å². The molecular formula is C37H35FN2O4. The summed E-state index contributed by atoms with van der Waals surface area (Å²) in [6, 6.07) is 33.0. The SMILES string of the molecule is CCOC(=O)CCCOc1ccc(F)cc1NC(=O)/C=C(\C)c1ccc2c(ccn2C(c2ccccc2)c2ccccc2)c1. The van der Waals surface area contributed by atoms with Gasteiger partial charge in [0.05, 0.1) is 24.9 Å². The van der Waals surface area contributed by atoms with Crippen LogP contribution in [-0.2, 0) is 14.3 Å². The summed E-state index contributed by atoms with van der Waals surface area (Å²) in [4.78, 5) is 24.6. The third kappa shape index (κ3) is 7.42. The number of carbonyl (C=O) groups is 2. The molecule has 0 fully saturated rings. The Bertz CT molecular complexity index is 1720. The maximum atomic E-state index is 14.0. The highest BCUT2D eigenvalue weighted by Crippen LogP contribution is 2.32. The Balaban J connectivity index is 1.32. The molecule has 7 heteroatoms. The van der Waals surface area contributed by atoms with Crippen LogP contribution in [0.5, 0.6) is 5.75 Å². The minimum absolute atomic E-state index is 0.0102. The van der Waals surface area contributed by atoms with E-state index in [1.165, 1.54) is 35.4 Å². The van der Waals surface area contributed by atoms with Crippen molar-refractivity contribution in [3.05, 3.63) is 138 Å². The molecule has 1 heterocycles. The lowest BCUT2D eigenvalue weighted by atomic mass is 9.98. The number of hydrogen-bond donors (Lipinski definition) is 1. The molecule has 5 rings (SSSR count). The van der Waals surface area contributed by atoms with Gasteiger partial charge in [-0.15, -0.1) is 0 Å². The topological polar surface area (TPSA) is 69.6 Å². The fourth-order valence-corrected chi connectivity index (χ4v) is 5.23. The van der Waals surface area contributed by atoms with Crippen molar-refractivity contribution in [1.29, 1.82) is 0 Å². The lowest BCUT2D eigenvalue weighted by Gasteiger charge is -2.21. The Morgan fingerprint density at radius 2 is 1.61 bits per heavy atom. The minimum Gasteiger partial charge on any atom is -0.491 e. The van der Waals surface area contributed by atoms with Gasteiger partial charge < -0.3 is 19.4 Å². The molecule has 1 N–H and O–H groups in total. The quantitative estimate of drug-likeness (QED) is 0.0904. The van der Waals surface area contributed by atoms with Gasteiger partial charge in [-0.3, -0.25) is 9.59 Å². The minimum atomic E-state index is -0.501. The summed E-state index contributed by atoms with van der Waals surface area (Å²) in [5.74, 6) is -0.885. The number of anilines is 1. The van der Waals surface area contributed by atoms with Crippen LogP contribution in [0, 0.1) is 5.82 Å². The first kappa shape index (κ1) is 30.3. The Kier molecular flexibility index (Phi) is 9.87. The molecule has 0 atom stereocenters. The number of nitrogens with one attached hydrogen (secondary N) is 1. The zero-order valence-corrected chi connectivity index (χ0v) is 24.8. The number of ether oxygens (including phenoxy) is 2. The number of carbonyl (C=O) groups excluding carboxylic acids is 2. The van der Waals surface area contributed by atoms with Crippen LogP contribution in [0.4, 0.5) is 10.1 Å². The second-order valence-electron chi connectivity index (χ2n) is 10.4. The molecule has 0 saturated heterocycles. The number of allylic oxidation sites excluding steroid dienone is 1. The van der Waals surface area contributed by atoms with Gasteiger partial charge in [-0.25, -0.2) is 4.39 Å². The standard InChI is InChI=1S/C37H35FN2O4/c1-3-43-36(42)15-10-22-44-34-19-17-31(38)25-32(34)39-35(41)23-26(2)29-16-18-33-30(24-29)20-21-40(33)37(27-11-6-4-7-12-27)28-13-8-5-9-14-28/h4-9,11-14,16-21,23-25,37H,3,10,15,22H2,1-2H3,(H,39,41)/b26-23+. The lowest BCUT2D eigenvalue weighted by molar-refractivity contribution is -0.143. The molecule has 1 aromatic heterocycles. The Morgan fingerprint density at radius 3 is 2.30 bits per heavy atom. The molecule has 6 nitrogen and oxygen atoms in total. The lowest BCUT2D eigenvalue weighted by Crippen LogP contribution is -2.12. The monoisotopic (exact) mass is 590 g/mol. The van der Waals surface area contributed by atoms with E-state index in [4.69, 9.17) is 9.47 Å². The average molecular weight is 591 g/mol. The van der Waals surface area contributed by atoms with E-state index in [1.54, 1.807) is 6.92 Å². The van der Waals surface area contributed by atoms with Gasteiger partial charge in [-0.2, -0.15) is 0 Å². The number of rotatable bonds is 12. The molecule has 224 valence electrons. The summed E-state index contributed by atoms with van der Waals surface area (Å²) in [5, 5.41) is 3.79. The summed E-state index contributed by atoms with van der Waals surface area (Å²) in [6.45, 7) is 4.16. The molecule has 4 aromatic carbocycles. The van der Waals surface area contributed by atoms with Crippen LogP contribution in [-0.4, -0.2) is 29.7 Å². The Labute approximate surface area is 256 Å². The summed E-state index contributed by atoms with van der Waals surface area (Å²) >= 11 is 0. The van der Waals surface area contributed by atoms with Crippen LogP contribution >= 0.6 is 0 Å². The second-order valence-corrected chi connectivity index (χ2v) is 10.4. The predicted molar refractivity (Wildman–Crippen MR) is 172 cm³/mol. The Morgan fingerprint density at radius 1 is 0.909 bits per heavy atom. The maximum Gasteiger partial charge on any atom is 0.305 e. The summed E-state index contributed by atoms with van der Waals surface area (Å²) in [6.07, 6.45) is 4.24. The molecule has 0 unspecified atom stereocenters. The second kappa shape index (κ2) is 14.3. The van der Waals surface area contributed by atoms with Crippen molar-refractivity contribution in [3.63, 3.8) is 0 Å². The maximum absolute atomic E-state index is 14.0. The van der Waals surface area contributed by atoms with Crippen molar-refractivity contribution in [2.75, 3.05) is 18.5 Å². The van der Waals surface area contributed by atoms with Gasteiger partial charge in [0.1, 0.15) is 11.6 Å². The van der Waals surface area contributed by atoms with Crippen LogP contribution in [0.15, 0.2) is 115 Å². The van der Waals surface area contributed by atoms with E-state index in [-0.39, 0.29) is 30.7 Å². The van der Waals surface area contributed by atoms with Crippen LogP contribution in [0.3, 0.4) is 0 Å². The van der Waals surface area contributed by atoms with Gasteiger partial charge in [-0.1, -0.05) is 66.7 Å². The highest BCUT2D eigenvalue weighted by Gasteiger charge is 2.18. The van der Waals surface area contributed by atoms with E-state index in [0.717, 1.165) is 22.0 Å². The molecule has 0 spiro atoms. The van der Waals surface area contributed by atoms with Gasteiger partial charge in [-0.05, 0) is 72.9 Å². The number of aromatic nitrogens is 1. The first-order valence-corrected chi connectivity index (χ1v) is 14.7. The fourth-order valence-electron chi connectivity index (χ4n) is 5.23. The number of fused-ring (bicyclic) bond motifs is 1. The zero-order valence-electron chi connectivity index (χ0n) is 24.8. The first-order valence-electron chi connectivity index (χ1n) is 14.7. The highest BCUT2D eigenvalue weighted by molar-refractivity contribution is 6.05. The molecule has 0 aliphatic rings. The molecule has 1 amide bonds. The normalized spacial score (nSPS) is 11.5. The van der Waals surface area contributed by atoms with Crippen molar-refractivity contribution in [1.82, 2.24) is 4.57 Å². The van der Waals surface area contributed by atoms with Crippen molar-refractivity contribution in [3.8, 4) is 5.75 Å². The number of halogens is 1. The molecule has 5 aromatic rings. The van der Waals surface area contributed by atoms with Crippen molar-refractivity contribution in [2.45, 2.75) is 32.7 Å². The Hall–Kier alpha value is -5.17. The van der Waals surface area contributed by atoms with Gasteiger partial charge in [0.2, 0.25) is 5.91 Å². The summed E-state index contributed by atoms with van der Waals surface area (Å²) < 4.78 is 27.0. The molecule has 44 heavy (non-hydrogen) atoms. The smallest absolute Gasteiger partial charge is 0.305 e. The van der Waals surface area contributed by atoms with Crippen molar-refractivity contribution < 1.29 is 23.5 Å². The summed E-state index contributed by atoms with van der Waals surface area (Å²) in [5.41, 5.74) is 5.33. The van der Waals surface area contributed by atoms with E-state index in [0.29, 0.717) is 18.8 Å². The number of esters is 1. The van der Waals surface area contributed by atoms with E-state index in [1.807, 2.05) is 25.1 Å². The highest BCUT2D eigenvalue weighted by atomic mass is 19.1. The molecule has 0 bridgehead atoms.